The number of aromatic amines is 1. The van der Waals surface area contributed by atoms with Crippen LogP contribution in [0.4, 0.5) is 11.5 Å². The molecule has 4 amide bonds. The normalized spacial score (nSPS) is 16.7. The Morgan fingerprint density at radius 2 is 1.66 bits per heavy atom. The molecule has 0 aliphatic carbocycles. The number of rotatable bonds is 22. The first-order valence-electron chi connectivity index (χ1n) is 26.2. The number of carbonyl (C=O) groups is 4. The number of hydrogen-bond acceptors (Lipinski definition) is 14. The van der Waals surface area contributed by atoms with Gasteiger partial charge in [0.15, 0.2) is 0 Å². The van der Waals surface area contributed by atoms with E-state index in [1.165, 1.54) is 4.90 Å². The second-order valence-corrected chi connectivity index (χ2v) is 21.7. The molecule has 76 heavy (non-hydrogen) atoms. The van der Waals surface area contributed by atoms with E-state index in [0.29, 0.717) is 43.3 Å². The highest BCUT2D eigenvalue weighted by Gasteiger charge is 2.45. The fraction of sp³-hybridized carbons (Fsp3) is 0.491. The molecule has 2 fully saturated rings. The van der Waals surface area contributed by atoms with E-state index >= 15 is 0 Å². The van der Waals surface area contributed by atoms with Crippen LogP contribution in [0.15, 0.2) is 71.1 Å². The minimum absolute atomic E-state index is 0.0333. The fourth-order valence-corrected chi connectivity index (χ4v) is 10.7. The van der Waals surface area contributed by atoms with Gasteiger partial charge in [-0.1, -0.05) is 45.0 Å². The van der Waals surface area contributed by atoms with Gasteiger partial charge in [0.05, 0.1) is 48.0 Å². The Hall–Kier alpha value is -6.51. The topological polar surface area (TPSA) is 229 Å². The third kappa shape index (κ3) is 14.5. The molecule has 7 rings (SSSR count). The van der Waals surface area contributed by atoms with E-state index in [1.807, 2.05) is 109 Å². The van der Waals surface area contributed by atoms with Gasteiger partial charge in [-0.15, -0.1) is 11.3 Å². The van der Waals surface area contributed by atoms with Crippen LogP contribution >= 0.6 is 11.3 Å². The van der Waals surface area contributed by atoms with Crippen molar-refractivity contribution in [1.82, 2.24) is 35.8 Å². The maximum atomic E-state index is 14.1. The van der Waals surface area contributed by atoms with Crippen molar-refractivity contribution in [3.05, 3.63) is 116 Å². The summed E-state index contributed by atoms with van der Waals surface area (Å²) in [5.74, 6) is -0.965. The Morgan fingerprint density at radius 3 is 2.32 bits per heavy atom. The molecule has 2 aliphatic rings. The van der Waals surface area contributed by atoms with Crippen molar-refractivity contribution < 1.29 is 38.5 Å². The molecule has 2 aromatic carbocycles. The molecule has 2 saturated heterocycles. The lowest BCUT2D eigenvalue weighted by atomic mass is 9.85. The summed E-state index contributed by atoms with van der Waals surface area (Å²) in [6, 6.07) is 15.7. The number of nitrogens with zero attached hydrogens (tertiary/aromatic N) is 4. The van der Waals surface area contributed by atoms with Gasteiger partial charge in [-0.05, 0) is 118 Å². The molecule has 4 atom stereocenters. The van der Waals surface area contributed by atoms with Crippen molar-refractivity contribution in [2.45, 2.75) is 118 Å². The van der Waals surface area contributed by atoms with Gasteiger partial charge in [-0.3, -0.25) is 24.0 Å². The first kappa shape index (κ1) is 57.2. The average Bonchev–Trinajstić information content (AvgIpc) is 4.02. The van der Waals surface area contributed by atoms with Gasteiger partial charge in [0.1, 0.15) is 24.5 Å². The zero-order chi connectivity index (χ0) is 54.7. The Kier molecular flexibility index (Phi) is 19.6. The second-order valence-electron chi connectivity index (χ2n) is 20.8. The summed E-state index contributed by atoms with van der Waals surface area (Å²) < 4.78 is 17.1. The number of amides is 4. The lowest BCUT2D eigenvalue weighted by Gasteiger charge is -2.37. The lowest BCUT2D eigenvalue weighted by Crippen LogP contribution is -2.58. The number of H-pyrrole nitrogens is 1. The van der Waals surface area contributed by atoms with Crippen LogP contribution in [-0.2, 0) is 35.1 Å². The van der Waals surface area contributed by atoms with E-state index in [-0.39, 0.29) is 68.8 Å². The molecule has 1 unspecified atom stereocenters. The van der Waals surface area contributed by atoms with Gasteiger partial charge in [-0.2, -0.15) is 0 Å². The molecule has 3 aromatic heterocycles. The fourth-order valence-electron chi connectivity index (χ4n) is 9.91. The molecule has 5 aromatic rings. The standard InChI is InChI=1S/C57H75N9O9S/c1-10-65(43-17-20-73-21-18-43)47-27-42(26-45(36(47)4)53(69)60-30-46-34(2)25-35(3)62-54(46)70)41-15-16-49(59-29-41)58-19-22-74-23-24-75-32-50(68)64-52(57(7,8)9)56(72)66-31-44(67)28-48(66)55(71)63-37(5)39-11-13-40(14-12-39)51-38(6)61-33-76-51/h11-16,25-27,29,33,37,43-44,48,52,67H,10,17-24,28,30-32H2,1-9H3,(H,58,59)(H,60,69)(H,62,70)(H,63,71)(H,64,68)/t37-,44+,48-,52?/m0/s1. The van der Waals surface area contributed by atoms with Crippen LogP contribution in [0.25, 0.3) is 21.6 Å². The zero-order valence-corrected chi connectivity index (χ0v) is 46.2. The largest absolute Gasteiger partial charge is 0.391 e. The number of likely N-dealkylation sites (tertiary alicyclic amines) is 1. The van der Waals surface area contributed by atoms with Gasteiger partial charge in [0, 0.05) is 86.1 Å². The van der Waals surface area contributed by atoms with Gasteiger partial charge >= 0.3 is 0 Å². The maximum Gasteiger partial charge on any atom is 0.253 e. The summed E-state index contributed by atoms with van der Waals surface area (Å²) in [7, 11) is 0. The number of hydrogen-bond donors (Lipinski definition) is 6. The predicted octanol–water partition coefficient (Wildman–Crippen LogP) is 6.54. The monoisotopic (exact) mass is 1060 g/mol. The highest BCUT2D eigenvalue weighted by Crippen LogP contribution is 2.35. The smallest absolute Gasteiger partial charge is 0.253 e. The van der Waals surface area contributed by atoms with Crippen LogP contribution in [0.5, 0.6) is 0 Å². The van der Waals surface area contributed by atoms with E-state index in [2.05, 4.69) is 54.1 Å². The summed E-state index contributed by atoms with van der Waals surface area (Å²) >= 11 is 1.57. The van der Waals surface area contributed by atoms with Crippen LogP contribution in [-0.4, -0.2) is 132 Å². The SMILES string of the molecule is CCN(c1cc(-c2ccc(NCCOCCOCC(=O)NC(C(=O)N3C[C@H](O)C[C@H]3C(=O)N[C@@H](C)c3ccc(-c4scnc4C)cc3)C(C)(C)C)nc2)cc(C(=O)NCc2c(C)cc(C)[nH]c2=O)c1C)C1CCOCC1. The van der Waals surface area contributed by atoms with Gasteiger partial charge in [0.2, 0.25) is 17.7 Å². The van der Waals surface area contributed by atoms with Gasteiger partial charge in [0.25, 0.3) is 11.5 Å². The molecular formula is C57H75N9O9S. The summed E-state index contributed by atoms with van der Waals surface area (Å²) in [5.41, 5.74) is 9.88. The van der Waals surface area contributed by atoms with Gasteiger partial charge in [-0.25, -0.2) is 9.97 Å². The molecule has 2 aliphatic heterocycles. The average molecular weight is 1060 g/mol. The number of aliphatic hydroxyl groups is 1. The lowest BCUT2D eigenvalue weighted by molar-refractivity contribution is -0.144. The van der Waals surface area contributed by atoms with Crippen LogP contribution in [0, 0.1) is 33.1 Å². The van der Waals surface area contributed by atoms with E-state index in [4.69, 9.17) is 14.2 Å². The van der Waals surface area contributed by atoms with Crippen LogP contribution in [0.3, 0.4) is 0 Å². The highest BCUT2D eigenvalue weighted by atomic mass is 32.1. The second kappa shape index (κ2) is 26.0. The van der Waals surface area contributed by atoms with Crippen molar-refractivity contribution in [2.24, 2.45) is 5.41 Å². The summed E-state index contributed by atoms with van der Waals surface area (Å²) in [6.45, 7) is 20.1. The minimum atomic E-state index is -0.991. The number of thiazole rings is 1. The van der Waals surface area contributed by atoms with E-state index < -0.39 is 35.4 Å². The number of aryl methyl sites for hydroxylation is 3. The molecule has 19 heteroatoms. The zero-order valence-electron chi connectivity index (χ0n) is 45.3. The Balaban J connectivity index is 0.874. The van der Waals surface area contributed by atoms with Crippen molar-refractivity contribution in [3.63, 3.8) is 0 Å². The number of β-amino-alcohol motifs (C(OH)–C–C–N with tert-alkyl or cyclic N) is 1. The summed E-state index contributed by atoms with van der Waals surface area (Å²) in [4.78, 5) is 84.4. The van der Waals surface area contributed by atoms with E-state index in [0.717, 1.165) is 74.7 Å². The molecular weight excluding hydrogens is 987 g/mol. The number of carbonyl (C=O) groups excluding carboxylic acids is 4. The third-order valence-corrected chi connectivity index (χ3v) is 15.1. The molecule has 408 valence electrons. The molecule has 0 bridgehead atoms. The maximum absolute atomic E-state index is 14.1. The summed E-state index contributed by atoms with van der Waals surface area (Å²) in [6.07, 6.45) is 2.73. The highest BCUT2D eigenvalue weighted by molar-refractivity contribution is 7.13. The van der Waals surface area contributed by atoms with Crippen LogP contribution in [0.1, 0.15) is 104 Å². The molecule has 0 radical (unpaired) electrons. The van der Waals surface area contributed by atoms with Crippen molar-refractivity contribution in [2.75, 3.05) is 69.5 Å². The Labute approximate surface area is 449 Å². The number of ether oxygens (including phenoxy) is 3. The number of aromatic nitrogens is 3. The molecule has 0 spiro atoms. The van der Waals surface area contributed by atoms with Crippen LogP contribution in [0.2, 0.25) is 0 Å². The Bertz CT molecular complexity index is 2860. The number of benzene rings is 2. The van der Waals surface area contributed by atoms with Gasteiger partial charge < -0.3 is 55.4 Å². The molecule has 6 N–H and O–H groups in total. The number of aliphatic hydroxyl groups excluding tert-OH is 1. The molecule has 0 saturated carbocycles. The molecule has 18 nitrogen and oxygen atoms in total. The van der Waals surface area contributed by atoms with Crippen molar-refractivity contribution in [3.8, 4) is 21.6 Å². The van der Waals surface area contributed by atoms with E-state index in [9.17, 15) is 29.1 Å². The number of pyridine rings is 2. The number of anilines is 2. The third-order valence-electron chi connectivity index (χ3n) is 14.1. The first-order valence-corrected chi connectivity index (χ1v) is 27.1. The van der Waals surface area contributed by atoms with E-state index in [1.54, 1.807) is 17.5 Å². The number of nitrogens with one attached hydrogen (secondary N) is 5. The van der Waals surface area contributed by atoms with Crippen LogP contribution < -0.4 is 31.7 Å². The molecule has 5 heterocycles. The van der Waals surface area contributed by atoms with Crippen molar-refractivity contribution in [1.29, 1.82) is 0 Å². The Morgan fingerprint density at radius 1 is 0.934 bits per heavy atom. The first-order chi connectivity index (χ1) is 36.3. The predicted molar refractivity (Wildman–Crippen MR) is 295 cm³/mol. The van der Waals surface area contributed by atoms with Crippen molar-refractivity contribution >= 4 is 46.5 Å². The quantitative estimate of drug-likeness (QED) is 0.0405. The minimum Gasteiger partial charge on any atom is -0.391 e. The summed E-state index contributed by atoms with van der Waals surface area (Å²) in [5, 5.41) is 22.8.